The number of H-pyrrole nitrogens is 1. The van der Waals surface area contributed by atoms with Gasteiger partial charge in [0, 0.05) is 4.47 Å². The fourth-order valence-electron chi connectivity index (χ4n) is 2.01. The molecule has 1 N–H and O–H groups in total. The Hall–Kier alpha value is -1.33. The number of halogens is 2. The number of aromatic amines is 1. The van der Waals surface area contributed by atoms with Gasteiger partial charge in [-0.3, -0.25) is 14.3 Å². The second-order valence-corrected chi connectivity index (χ2v) is 5.79. The van der Waals surface area contributed by atoms with E-state index < -0.39 is 5.69 Å². The van der Waals surface area contributed by atoms with E-state index in [1.165, 1.54) is 4.57 Å². The highest BCUT2D eigenvalue weighted by Gasteiger charge is 2.12. The Balaban J connectivity index is 2.49. The summed E-state index contributed by atoms with van der Waals surface area (Å²) >= 11 is 9.31. The van der Waals surface area contributed by atoms with E-state index in [2.05, 4.69) is 20.9 Å². The molecule has 0 amide bonds. The van der Waals surface area contributed by atoms with E-state index in [-0.39, 0.29) is 17.3 Å². The number of nitrogens with one attached hydrogen (secondary N) is 1. The monoisotopic (exact) mass is 356 g/mol. The molecule has 0 aliphatic rings. The molecular weight excluding hydrogens is 344 g/mol. The first-order valence-corrected chi connectivity index (χ1v) is 7.46. The van der Waals surface area contributed by atoms with Gasteiger partial charge in [-0.05, 0) is 24.1 Å². The smallest absolute Gasteiger partial charge is 0.297 e. The summed E-state index contributed by atoms with van der Waals surface area (Å²) < 4.78 is 2.08. The summed E-state index contributed by atoms with van der Waals surface area (Å²) in [5, 5.41) is 0.146. The minimum Gasteiger partial charge on any atom is -0.297 e. The predicted octanol–water partition coefficient (Wildman–Crippen LogP) is 2.95. The zero-order chi connectivity index (χ0) is 14.7. The first-order valence-electron chi connectivity index (χ1n) is 6.29. The van der Waals surface area contributed by atoms with Crippen LogP contribution in [0.4, 0.5) is 0 Å². The Kier molecular flexibility index (Phi) is 4.83. The summed E-state index contributed by atoms with van der Waals surface area (Å²) in [6.45, 7) is 2.18. The molecular formula is C14H14BrClN2O2. The van der Waals surface area contributed by atoms with Gasteiger partial charge in [0.25, 0.3) is 5.56 Å². The number of rotatable bonds is 4. The maximum Gasteiger partial charge on any atom is 0.329 e. The van der Waals surface area contributed by atoms with E-state index in [4.69, 9.17) is 11.6 Å². The van der Waals surface area contributed by atoms with Crippen LogP contribution in [0.25, 0.3) is 0 Å². The molecule has 0 aliphatic carbocycles. The third-order valence-electron chi connectivity index (χ3n) is 2.96. The van der Waals surface area contributed by atoms with Crippen molar-refractivity contribution in [3.8, 4) is 0 Å². The number of aromatic nitrogens is 2. The van der Waals surface area contributed by atoms with Gasteiger partial charge in [-0.25, -0.2) is 4.79 Å². The van der Waals surface area contributed by atoms with Crippen molar-refractivity contribution in [1.82, 2.24) is 9.55 Å². The summed E-state index contributed by atoms with van der Waals surface area (Å²) in [5.41, 5.74) is 0.529. The zero-order valence-corrected chi connectivity index (χ0v) is 13.3. The Morgan fingerprint density at radius 3 is 2.75 bits per heavy atom. The number of nitrogens with zero attached hydrogens (tertiary/aromatic N) is 1. The standard InChI is InChI=1S/C14H14BrClN2O2/c1-2-4-11-12(16)17-14(20)18(13(11)19)8-9-5-3-6-10(15)7-9/h3,5-7H,2,4,8H2,1H3,(H,17,20). The molecule has 1 heterocycles. The van der Waals surface area contributed by atoms with Crippen LogP contribution in [0.2, 0.25) is 5.15 Å². The molecule has 2 aromatic rings. The maximum atomic E-state index is 12.3. The maximum absolute atomic E-state index is 12.3. The number of hydrogen-bond acceptors (Lipinski definition) is 2. The van der Waals surface area contributed by atoms with E-state index >= 15 is 0 Å². The van der Waals surface area contributed by atoms with Gasteiger partial charge in [-0.1, -0.05) is 53.0 Å². The lowest BCUT2D eigenvalue weighted by Gasteiger charge is -2.09. The highest BCUT2D eigenvalue weighted by Crippen LogP contribution is 2.12. The highest BCUT2D eigenvalue weighted by molar-refractivity contribution is 9.10. The Morgan fingerprint density at radius 1 is 1.35 bits per heavy atom. The normalized spacial score (nSPS) is 10.8. The van der Waals surface area contributed by atoms with E-state index in [9.17, 15) is 9.59 Å². The zero-order valence-electron chi connectivity index (χ0n) is 11.0. The van der Waals surface area contributed by atoms with Crippen LogP contribution in [0.5, 0.6) is 0 Å². The minimum atomic E-state index is -0.486. The molecule has 1 aromatic heterocycles. The van der Waals surface area contributed by atoms with Crippen molar-refractivity contribution in [3.05, 3.63) is 65.9 Å². The van der Waals surface area contributed by atoms with Gasteiger partial charge in [0.05, 0.1) is 12.1 Å². The van der Waals surface area contributed by atoms with Crippen LogP contribution >= 0.6 is 27.5 Å². The van der Waals surface area contributed by atoms with Gasteiger partial charge in [0.1, 0.15) is 5.15 Å². The fourth-order valence-corrected chi connectivity index (χ4v) is 2.72. The molecule has 0 bridgehead atoms. The average molecular weight is 358 g/mol. The predicted molar refractivity (Wildman–Crippen MR) is 83.6 cm³/mol. The topological polar surface area (TPSA) is 54.9 Å². The molecule has 4 nitrogen and oxygen atoms in total. The molecule has 0 spiro atoms. The lowest BCUT2D eigenvalue weighted by Crippen LogP contribution is -2.37. The second-order valence-electron chi connectivity index (χ2n) is 4.49. The van der Waals surface area contributed by atoms with Crippen LogP contribution in [0.3, 0.4) is 0 Å². The van der Waals surface area contributed by atoms with Gasteiger partial charge in [0.2, 0.25) is 0 Å². The van der Waals surface area contributed by atoms with Crippen LogP contribution < -0.4 is 11.2 Å². The summed E-state index contributed by atoms with van der Waals surface area (Å²) in [6, 6.07) is 7.49. The van der Waals surface area contributed by atoms with Crippen molar-refractivity contribution in [2.24, 2.45) is 0 Å². The number of hydrogen-bond donors (Lipinski definition) is 1. The first kappa shape index (κ1) is 15.1. The van der Waals surface area contributed by atoms with Gasteiger partial charge < -0.3 is 0 Å². The molecule has 106 valence electrons. The molecule has 0 aliphatic heterocycles. The third kappa shape index (κ3) is 3.22. The van der Waals surface area contributed by atoms with Crippen LogP contribution in [0.15, 0.2) is 38.3 Å². The Morgan fingerprint density at radius 2 is 2.10 bits per heavy atom. The average Bonchev–Trinajstić information content (AvgIpc) is 2.39. The van der Waals surface area contributed by atoms with Gasteiger partial charge in [-0.2, -0.15) is 0 Å². The Labute approximate surface area is 129 Å². The minimum absolute atomic E-state index is 0.146. The van der Waals surface area contributed by atoms with E-state index in [0.29, 0.717) is 12.0 Å². The van der Waals surface area contributed by atoms with Crippen molar-refractivity contribution in [1.29, 1.82) is 0 Å². The summed E-state index contributed by atoms with van der Waals surface area (Å²) in [4.78, 5) is 26.8. The van der Waals surface area contributed by atoms with Crippen LogP contribution in [0, 0.1) is 0 Å². The quantitative estimate of drug-likeness (QED) is 0.855. The van der Waals surface area contributed by atoms with E-state index in [1.54, 1.807) is 0 Å². The highest BCUT2D eigenvalue weighted by atomic mass is 79.9. The van der Waals surface area contributed by atoms with E-state index in [1.807, 2.05) is 31.2 Å². The SMILES string of the molecule is CCCc1c(Cl)[nH]c(=O)n(Cc2cccc(Br)c2)c1=O. The van der Waals surface area contributed by atoms with E-state index in [0.717, 1.165) is 16.5 Å². The lowest BCUT2D eigenvalue weighted by atomic mass is 10.2. The fraction of sp³-hybridized carbons (Fsp3) is 0.286. The lowest BCUT2D eigenvalue weighted by molar-refractivity contribution is 0.680. The second kappa shape index (κ2) is 6.41. The van der Waals surface area contributed by atoms with Crippen molar-refractivity contribution >= 4 is 27.5 Å². The molecule has 0 atom stereocenters. The van der Waals surface area contributed by atoms with Crippen LogP contribution in [-0.4, -0.2) is 9.55 Å². The molecule has 0 unspecified atom stereocenters. The summed E-state index contributed by atoms with van der Waals surface area (Å²) in [7, 11) is 0. The largest absolute Gasteiger partial charge is 0.329 e. The molecule has 2 rings (SSSR count). The molecule has 0 fully saturated rings. The molecule has 20 heavy (non-hydrogen) atoms. The third-order valence-corrected chi connectivity index (χ3v) is 3.78. The van der Waals surface area contributed by atoms with Crippen molar-refractivity contribution < 1.29 is 0 Å². The first-order chi connectivity index (χ1) is 9.52. The van der Waals surface area contributed by atoms with Crippen molar-refractivity contribution in [3.63, 3.8) is 0 Å². The molecule has 6 heteroatoms. The van der Waals surface area contributed by atoms with Crippen molar-refractivity contribution in [2.45, 2.75) is 26.3 Å². The van der Waals surface area contributed by atoms with Gasteiger partial charge >= 0.3 is 5.69 Å². The summed E-state index contributed by atoms with van der Waals surface area (Å²) in [6.07, 6.45) is 1.34. The molecule has 0 radical (unpaired) electrons. The van der Waals surface area contributed by atoms with Crippen molar-refractivity contribution in [2.75, 3.05) is 0 Å². The summed E-state index contributed by atoms with van der Waals surface area (Å²) in [5.74, 6) is 0. The van der Waals surface area contributed by atoms with Crippen LogP contribution in [-0.2, 0) is 13.0 Å². The number of benzene rings is 1. The molecule has 0 saturated carbocycles. The Bertz CT molecular complexity index is 737. The van der Waals surface area contributed by atoms with Gasteiger partial charge in [-0.15, -0.1) is 0 Å². The van der Waals surface area contributed by atoms with Gasteiger partial charge in [0.15, 0.2) is 0 Å². The molecule has 0 saturated heterocycles. The molecule has 1 aromatic carbocycles. The van der Waals surface area contributed by atoms with Crippen LogP contribution in [0.1, 0.15) is 24.5 Å².